The lowest BCUT2D eigenvalue weighted by molar-refractivity contribution is -0.121. The number of amides is 1. The molecule has 0 aromatic rings. The topological polar surface area (TPSA) is 66.4 Å². The van der Waals surface area contributed by atoms with Gasteiger partial charge in [0.2, 0.25) is 5.91 Å². The third-order valence-corrected chi connectivity index (χ3v) is 1.91. The summed E-state index contributed by atoms with van der Waals surface area (Å²) in [6.45, 7) is 2.29. The fourth-order valence-corrected chi connectivity index (χ4v) is 0.980. The van der Waals surface area contributed by atoms with E-state index in [2.05, 4.69) is 5.32 Å². The Morgan fingerprint density at radius 1 is 1.58 bits per heavy atom. The van der Waals surface area contributed by atoms with Crippen LogP contribution in [0.1, 0.15) is 26.2 Å². The van der Waals surface area contributed by atoms with Crippen molar-refractivity contribution in [1.82, 2.24) is 5.32 Å². The van der Waals surface area contributed by atoms with Crippen LogP contribution in [0.3, 0.4) is 0 Å². The van der Waals surface area contributed by atoms with Crippen LogP contribution in [0, 0.1) is 0 Å². The maximum Gasteiger partial charge on any atom is 0.220 e. The lowest BCUT2D eigenvalue weighted by Gasteiger charge is -2.01. The van der Waals surface area contributed by atoms with Gasteiger partial charge in [0.1, 0.15) is 0 Å². The molecule has 0 aromatic heterocycles. The Morgan fingerprint density at radius 3 is 2.75 bits per heavy atom. The molecule has 2 N–H and O–H groups in total. The summed E-state index contributed by atoms with van der Waals surface area (Å²) in [7, 11) is 0. The molecule has 0 aliphatic heterocycles. The highest BCUT2D eigenvalue weighted by atomic mass is 32.2. The molecule has 72 valence electrons. The summed E-state index contributed by atoms with van der Waals surface area (Å²) in [5.41, 5.74) is 0. The van der Waals surface area contributed by atoms with Crippen LogP contribution >= 0.6 is 0 Å². The van der Waals surface area contributed by atoms with Gasteiger partial charge in [-0.3, -0.25) is 4.79 Å². The van der Waals surface area contributed by atoms with Crippen LogP contribution in [0.25, 0.3) is 0 Å². The summed E-state index contributed by atoms with van der Waals surface area (Å²) in [6, 6.07) is 0. The third-order valence-electron chi connectivity index (χ3n) is 1.36. The van der Waals surface area contributed by atoms with E-state index in [1.807, 2.05) is 6.92 Å². The zero-order chi connectivity index (χ0) is 9.40. The van der Waals surface area contributed by atoms with Crippen LogP contribution in [0.15, 0.2) is 0 Å². The number of unbranched alkanes of at least 4 members (excludes halogenated alkanes) is 1. The fourth-order valence-electron chi connectivity index (χ4n) is 0.703. The van der Waals surface area contributed by atoms with Crippen molar-refractivity contribution in [3.63, 3.8) is 0 Å². The highest BCUT2D eigenvalue weighted by Gasteiger charge is 1.99. The van der Waals surface area contributed by atoms with E-state index in [0.717, 1.165) is 12.8 Å². The molecule has 0 heterocycles. The van der Waals surface area contributed by atoms with E-state index in [-0.39, 0.29) is 18.2 Å². The molecule has 0 aromatic carbocycles. The molecule has 12 heavy (non-hydrogen) atoms. The van der Waals surface area contributed by atoms with E-state index in [1.54, 1.807) is 0 Å². The molecule has 1 amide bonds. The smallest absolute Gasteiger partial charge is 0.220 e. The molecule has 0 bridgehead atoms. The molecule has 1 atom stereocenters. The van der Waals surface area contributed by atoms with E-state index in [4.69, 9.17) is 4.55 Å². The van der Waals surface area contributed by atoms with Gasteiger partial charge in [-0.2, -0.15) is 0 Å². The molecule has 0 aliphatic carbocycles. The van der Waals surface area contributed by atoms with Gasteiger partial charge in [0.25, 0.3) is 0 Å². The Kier molecular flexibility index (Phi) is 6.99. The van der Waals surface area contributed by atoms with Crippen molar-refractivity contribution < 1.29 is 13.6 Å². The van der Waals surface area contributed by atoms with E-state index in [1.165, 1.54) is 0 Å². The summed E-state index contributed by atoms with van der Waals surface area (Å²) < 4.78 is 18.5. The van der Waals surface area contributed by atoms with Crippen LogP contribution in [0.4, 0.5) is 0 Å². The van der Waals surface area contributed by atoms with Gasteiger partial charge in [-0.05, 0) is 6.42 Å². The molecular formula is C7H15NO3S. The number of nitrogens with one attached hydrogen (secondary N) is 1. The highest BCUT2D eigenvalue weighted by molar-refractivity contribution is 7.79. The minimum absolute atomic E-state index is 0.0395. The van der Waals surface area contributed by atoms with Crippen LogP contribution in [0.2, 0.25) is 0 Å². The number of rotatable bonds is 6. The average molecular weight is 193 g/mol. The van der Waals surface area contributed by atoms with Crippen molar-refractivity contribution >= 4 is 17.0 Å². The number of carbonyl (C=O) groups excluding carboxylic acids is 1. The molecule has 0 saturated heterocycles. The lowest BCUT2D eigenvalue weighted by Crippen LogP contribution is -2.27. The minimum Gasteiger partial charge on any atom is -0.355 e. The normalized spacial score (nSPS) is 12.5. The Balaban J connectivity index is 3.25. The summed E-state index contributed by atoms with van der Waals surface area (Å²) in [5.74, 6) is 0.0695. The Morgan fingerprint density at radius 2 is 2.25 bits per heavy atom. The van der Waals surface area contributed by atoms with Gasteiger partial charge in [0.05, 0.1) is 5.75 Å². The lowest BCUT2D eigenvalue weighted by atomic mass is 10.2. The van der Waals surface area contributed by atoms with Crippen molar-refractivity contribution in [2.45, 2.75) is 26.2 Å². The SMILES string of the molecule is CCCCC(=O)NCCS(=O)O. The first-order valence-corrected chi connectivity index (χ1v) is 5.28. The monoisotopic (exact) mass is 193 g/mol. The molecule has 0 spiro atoms. The van der Waals surface area contributed by atoms with Gasteiger partial charge in [-0.25, -0.2) is 4.21 Å². The molecular weight excluding hydrogens is 178 g/mol. The van der Waals surface area contributed by atoms with Crippen LogP contribution in [0.5, 0.6) is 0 Å². The number of hydrogen-bond donors (Lipinski definition) is 2. The maximum atomic E-state index is 10.9. The molecule has 1 unspecified atom stereocenters. The quantitative estimate of drug-likeness (QED) is 0.604. The first-order chi connectivity index (χ1) is 5.66. The molecule has 0 aliphatic rings. The van der Waals surface area contributed by atoms with Crippen molar-refractivity contribution in [1.29, 1.82) is 0 Å². The predicted molar refractivity (Wildman–Crippen MR) is 48.2 cm³/mol. The van der Waals surface area contributed by atoms with Gasteiger partial charge in [0, 0.05) is 13.0 Å². The number of hydrogen-bond acceptors (Lipinski definition) is 2. The van der Waals surface area contributed by atoms with Crippen molar-refractivity contribution in [2.24, 2.45) is 0 Å². The Hall–Kier alpha value is -0.420. The van der Waals surface area contributed by atoms with Crippen LogP contribution in [-0.4, -0.2) is 27.0 Å². The maximum absolute atomic E-state index is 10.9. The molecule has 0 fully saturated rings. The van der Waals surface area contributed by atoms with Gasteiger partial charge in [-0.1, -0.05) is 13.3 Å². The summed E-state index contributed by atoms with van der Waals surface area (Å²) >= 11 is -1.80. The second-order valence-electron chi connectivity index (χ2n) is 2.48. The molecule has 5 heteroatoms. The van der Waals surface area contributed by atoms with E-state index in [0.29, 0.717) is 6.42 Å². The highest BCUT2D eigenvalue weighted by Crippen LogP contribution is 1.92. The fraction of sp³-hybridized carbons (Fsp3) is 0.857. The standard InChI is InChI=1S/C7H15NO3S/c1-2-3-4-7(9)8-5-6-12(10)11/h2-6H2,1H3,(H,8,9)(H,10,11). The van der Waals surface area contributed by atoms with E-state index >= 15 is 0 Å². The third kappa shape index (κ3) is 7.68. The van der Waals surface area contributed by atoms with Crippen molar-refractivity contribution in [3.05, 3.63) is 0 Å². The van der Waals surface area contributed by atoms with Gasteiger partial charge < -0.3 is 9.87 Å². The Labute approximate surface area is 75.0 Å². The number of carbonyl (C=O) groups is 1. The van der Waals surface area contributed by atoms with Gasteiger partial charge in [-0.15, -0.1) is 0 Å². The van der Waals surface area contributed by atoms with Crippen LogP contribution < -0.4 is 5.32 Å². The summed E-state index contributed by atoms with van der Waals surface area (Å²) in [4.78, 5) is 10.9. The average Bonchev–Trinajstić information content (AvgIpc) is 2.00. The minimum atomic E-state index is -1.80. The van der Waals surface area contributed by atoms with Gasteiger partial charge >= 0.3 is 0 Å². The first kappa shape index (κ1) is 11.6. The largest absolute Gasteiger partial charge is 0.355 e. The molecule has 0 saturated carbocycles. The van der Waals surface area contributed by atoms with Gasteiger partial charge in [0.15, 0.2) is 11.1 Å². The van der Waals surface area contributed by atoms with E-state index in [9.17, 15) is 9.00 Å². The van der Waals surface area contributed by atoms with Crippen LogP contribution in [-0.2, 0) is 15.9 Å². The second-order valence-corrected chi connectivity index (χ2v) is 3.53. The molecule has 4 nitrogen and oxygen atoms in total. The predicted octanol–water partition coefficient (Wildman–Crippen LogP) is 0.515. The molecule has 0 rings (SSSR count). The molecule has 0 radical (unpaired) electrons. The zero-order valence-corrected chi connectivity index (χ0v) is 8.02. The zero-order valence-electron chi connectivity index (χ0n) is 7.21. The summed E-state index contributed by atoms with van der Waals surface area (Å²) in [5, 5.41) is 2.56. The van der Waals surface area contributed by atoms with E-state index < -0.39 is 11.1 Å². The summed E-state index contributed by atoms with van der Waals surface area (Å²) in [6.07, 6.45) is 2.36. The first-order valence-electron chi connectivity index (χ1n) is 4.01. The van der Waals surface area contributed by atoms with Crippen molar-refractivity contribution in [3.8, 4) is 0 Å². The Bertz CT molecular complexity index is 161. The van der Waals surface area contributed by atoms with Crippen molar-refractivity contribution in [2.75, 3.05) is 12.3 Å². The second kappa shape index (κ2) is 7.24.